The third-order valence-electron chi connectivity index (χ3n) is 8.49. The molecular formula is C31H50N12O14. The van der Waals surface area contributed by atoms with Gasteiger partial charge < -0.3 is 79.3 Å². The summed E-state index contributed by atoms with van der Waals surface area (Å²) in [5, 5.41) is 56.6. The maximum atomic E-state index is 13.5. The average Bonchev–Trinajstić information content (AvgIpc) is 3.66. The molecule has 0 aromatic carbocycles. The molecule has 0 aromatic rings. The lowest BCUT2D eigenvalue weighted by molar-refractivity contribution is -0.144. The van der Waals surface area contributed by atoms with Gasteiger partial charge >= 0.3 is 5.97 Å². The first-order valence-electron chi connectivity index (χ1n) is 17.7. The van der Waals surface area contributed by atoms with E-state index in [1.807, 2.05) is 0 Å². The van der Waals surface area contributed by atoms with E-state index in [9.17, 15) is 68.4 Å². The Bertz CT molecular complexity index is 1560. The number of guanidine groups is 1. The lowest BCUT2D eigenvalue weighted by Gasteiger charge is -2.29. The second kappa shape index (κ2) is 23.0. The van der Waals surface area contributed by atoms with Gasteiger partial charge in [-0.15, -0.1) is 0 Å². The highest BCUT2D eigenvalue weighted by molar-refractivity contribution is 5.99. The Labute approximate surface area is 324 Å². The van der Waals surface area contributed by atoms with E-state index >= 15 is 0 Å². The number of aliphatic imine (C=N–C) groups is 1. The summed E-state index contributed by atoms with van der Waals surface area (Å²) in [5.74, 6) is -11.0. The maximum absolute atomic E-state index is 13.5. The third-order valence-corrected chi connectivity index (χ3v) is 8.49. The second-order valence-corrected chi connectivity index (χ2v) is 12.9. The number of nitrogens with one attached hydrogen (secondary N) is 8. The molecule has 0 bridgehead atoms. The zero-order chi connectivity index (χ0) is 42.8. The number of aliphatic hydroxyl groups is 3. The van der Waals surface area contributed by atoms with Crippen LogP contribution >= 0.6 is 0 Å². The summed E-state index contributed by atoms with van der Waals surface area (Å²) in [6, 6.07) is -10.9. The fourth-order valence-corrected chi connectivity index (χ4v) is 5.52. The van der Waals surface area contributed by atoms with Crippen molar-refractivity contribution in [3.05, 3.63) is 0 Å². The molecule has 57 heavy (non-hydrogen) atoms. The summed E-state index contributed by atoms with van der Waals surface area (Å²) in [6.07, 6.45) is -0.634. The number of fused-ring (bicyclic) bond motifs is 1. The van der Waals surface area contributed by atoms with Gasteiger partial charge in [-0.3, -0.25) is 52.9 Å². The molecule has 0 spiro atoms. The Morgan fingerprint density at radius 2 is 1.19 bits per heavy atom. The van der Waals surface area contributed by atoms with E-state index < -0.39 is 141 Å². The highest BCUT2D eigenvalue weighted by Gasteiger charge is 2.39. The lowest BCUT2D eigenvalue weighted by atomic mass is 10.1. The smallest absolute Gasteiger partial charge is 0.305 e. The molecule has 26 nitrogen and oxygen atoms in total. The number of nitrogens with two attached hydrogens (primary N) is 2. The second-order valence-electron chi connectivity index (χ2n) is 12.9. The highest BCUT2D eigenvalue weighted by atomic mass is 16.4. The van der Waals surface area contributed by atoms with Crippen LogP contribution in [0.3, 0.4) is 0 Å². The molecule has 26 heteroatoms. The number of carbonyl (C=O) groups excluding carboxylic acids is 9. The van der Waals surface area contributed by atoms with Gasteiger partial charge in [0.1, 0.15) is 42.3 Å². The molecule has 0 saturated carbocycles. The zero-order valence-corrected chi connectivity index (χ0v) is 30.9. The van der Waals surface area contributed by atoms with Crippen molar-refractivity contribution in [1.29, 1.82) is 0 Å². The first-order valence-corrected chi connectivity index (χ1v) is 17.7. The summed E-state index contributed by atoms with van der Waals surface area (Å²) in [6.45, 7) is -3.47. The van der Waals surface area contributed by atoms with Crippen LogP contribution in [0.2, 0.25) is 0 Å². The Balaban J connectivity index is 2.42. The van der Waals surface area contributed by atoms with Crippen LogP contribution in [-0.2, 0) is 47.9 Å². The van der Waals surface area contributed by atoms with Crippen molar-refractivity contribution in [2.75, 3.05) is 46.0 Å². The molecule has 16 N–H and O–H groups in total. The van der Waals surface area contributed by atoms with Crippen molar-refractivity contribution < 1.29 is 68.4 Å². The van der Waals surface area contributed by atoms with Crippen LogP contribution < -0.4 is 54.0 Å². The molecule has 2 heterocycles. The van der Waals surface area contributed by atoms with Gasteiger partial charge in [0.15, 0.2) is 5.96 Å². The van der Waals surface area contributed by atoms with E-state index in [-0.39, 0.29) is 44.7 Å². The van der Waals surface area contributed by atoms with E-state index in [0.29, 0.717) is 0 Å². The average molecular weight is 815 g/mol. The minimum absolute atomic E-state index is 0.0137. The van der Waals surface area contributed by atoms with Crippen molar-refractivity contribution in [3.63, 3.8) is 0 Å². The van der Waals surface area contributed by atoms with E-state index in [0.717, 1.165) is 4.90 Å². The van der Waals surface area contributed by atoms with Gasteiger partial charge in [-0.1, -0.05) is 0 Å². The molecule has 2 rings (SSSR count). The number of hydrogen-bond donors (Lipinski definition) is 14. The largest absolute Gasteiger partial charge is 0.481 e. The topological polar surface area (TPSA) is 415 Å². The first kappa shape index (κ1) is 47.0. The monoisotopic (exact) mass is 814 g/mol. The lowest BCUT2D eigenvalue weighted by Crippen LogP contribution is -2.60. The summed E-state index contributed by atoms with van der Waals surface area (Å²) < 4.78 is 0. The first-order chi connectivity index (χ1) is 26.9. The maximum Gasteiger partial charge on any atom is 0.305 e. The minimum Gasteiger partial charge on any atom is -0.481 e. The number of carboxylic acid groups (broad SMARTS) is 1. The molecule has 2 aliphatic rings. The predicted octanol–water partition coefficient (Wildman–Crippen LogP) is -9.34. The molecule has 2 saturated heterocycles. The Morgan fingerprint density at radius 3 is 1.75 bits per heavy atom. The van der Waals surface area contributed by atoms with Gasteiger partial charge in [0.05, 0.1) is 39.3 Å². The number of amides is 9. The molecule has 7 atom stereocenters. The van der Waals surface area contributed by atoms with Crippen LogP contribution in [0.4, 0.5) is 0 Å². The summed E-state index contributed by atoms with van der Waals surface area (Å²) in [5.41, 5.74) is 10.6. The molecule has 2 aliphatic heterocycles. The number of aliphatic hydroxyl groups excluding tert-OH is 3. The number of rotatable bonds is 9. The third kappa shape index (κ3) is 15.1. The van der Waals surface area contributed by atoms with Crippen LogP contribution in [0.25, 0.3) is 0 Å². The molecule has 2 fully saturated rings. The highest BCUT2D eigenvalue weighted by Crippen LogP contribution is 2.19. The van der Waals surface area contributed by atoms with Crippen molar-refractivity contribution in [1.82, 2.24) is 47.4 Å². The van der Waals surface area contributed by atoms with Crippen LogP contribution in [-0.4, -0.2) is 179 Å². The summed E-state index contributed by atoms with van der Waals surface area (Å²) in [7, 11) is 0. The Kier molecular flexibility index (Phi) is 19.0. The molecule has 0 aromatic heterocycles. The van der Waals surface area contributed by atoms with Gasteiger partial charge in [0.2, 0.25) is 53.2 Å². The fraction of sp³-hybridized carbons (Fsp3) is 0.645. The van der Waals surface area contributed by atoms with E-state index in [1.54, 1.807) is 0 Å². The number of aliphatic carboxylic acids is 1. The van der Waals surface area contributed by atoms with Crippen LogP contribution in [0.15, 0.2) is 4.99 Å². The molecule has 0 radical (unpaired) electrons. The molecule has 0 aliphatic carbocycles. The normalized spacial score (nSPS) is 26.8. The van der Waals surface area contributed by atoms with Crippen LogP contribution in [0, 0.1) is 0 Å². The number of carbonyl (C=O) groups is 10. The standard InChI is InChI=1S/C31H50N12O14/c1-14-24(51)40-18(12-45)28(55)41-17(11-44)26(53)36-9-21(47)38-15(4-2-6-34-31(32)33)25(52)35-10-22(48)39-16(8-23(49)50)27(54)42-19(13-46)30(57)43-7-3-5-20(43)29(56)37-14/h14-20,44-46H,2-13H2,1H3,(H,35,52)(H,36,53)(H,37,56)(H,38,47)(H,39,48)(H,40,51)(H,41,55)(H,42,54)(H,49,50)(H4,32,33,34)/t14-,15-,16-,17-,18-,19-,20-/m0/s1. The Morgan fingerprint density at radius 1 is 0.684 bits per heavy atom. The summed E-state index contributed by atoms with van der Waals surface area (Å²) >= 11 is 0. The number of nitrogens with zero attached hydrogens (tertiary/aromatic N) is 2. The van der Waals surface area contributed by atoms with E-state index in [1.165, 1.54) is 6.92 Å². The summed E-state index contributed by atoms with van der Waals surface area (Å²) in [4.78, 5) is 133. The van der Waals surface area contributed by atoms with Crippen LogP contribution in [0.1, 0.15) is 39.0 Å². The van der Waals surface area contributed by atoms with Gasteiger partial charge in [-0.25, -0.2) is 0 Å². The van der Waals surface area contributed by atoms with Crippen molar-refractivity contribution >= 4 is 65.1 Å². The molecule has 318 valence electrons. The number of carboxylic acids is 1. The van der Waals surface area contributed by atoms with Crippen molar-refractivity contribution in [2.45, 2.75) is 81.3 Å². The van der Waals surface area contributed by atoms with Crippen LogP contribution in [0.5, 0.6) is 0 Å². The van der Waals surface area contributed by atoms with Gasteiger partial charge in [-0.2, -0.15) is 0 Å². The fourth-order valence-electron chi connectivity index (χ4n) is 5.52. The molecule has 0 unspecified atom stereocenters. The predicted molar refractivity (Wildman–Crippen MR) is 191 cm³/mol. The quantitative estimate of drug-likeness (QED) is 0.0584. The van der Waals surface area contributed by atoms with Gasteiger partial charge in [0.25, 0.3) is 0 Å². The Hall–Kier alpha value is -6.15. The van der Waals surface area contributed by atoms with Crippen molar-refractivity contribution in [2.24, 2.45) is 16.5 Å². The molecule has 9 amide bonds. The molecular weight excluding hydrogens is 764 g/mol. The van der Waals surface area contributed by atoms with Gasteiger partial charge in [-0.05, 0) is 32.6 Å². The zero-order valence-electron chi connectivity index (χ0n) is 30.9. The van der Waals surface area contributed by atoms with E-state index in [4.69, 9.17) is 11.5 Å². The number of hydrogen-bond acceptors (Lipinski definition) is 14. The van der Waals surface area contributed by atoms with Crippen molar-refractivity contribution in [3.8, 4) is 0 Å². The SMILES string of the molecule is C[C@@H]1NC(=O)[C@@H]2CCCN2C(=O)[C@H](CO)NC(=O)[C@H](CC(=O)O)NC(=O)CNC(=O)[C@H](CCCN=C(N)N)NC(=O)CNC(=O)[C@H](CO)NC(=O)[C@H](CO)NC1=O. The van der Waals surface area contributed by atoms with E-state index in [2.05, 4.69) is 47.5 Å². The minimum atomic E-state index is -1.83. The van der Waals surface area contributed by atoms with Gasteiger partial charge in [0, 0.05) is 13.1 Å².